The lowest BCUT2D eigenvalue weighted by Gasteiger charge is -2.12. The van der Waals surface area contributed by atoms with Crippen LogP contribution in [0.5, 0.6) is 0 Å². The Kier molecular flexibility index (Phi) is 5.14. The summed E-state index contributed by atoms with van der Waals surface area (Å²) in [7, 11) is 1.76. The highest BCUT2D eigenvalue weighted by Crippen LogP contribution is 2.34. The van der Waals surface area contributed by atoms with Crippen LogP contribution in [0.15, 0.2) is 44.9 Å². The lowest BCUT2D eigenvalue weighted by atomic mass is 10.1. The van der Waals surface area contributed by atoms with Crippen molar-refractivity contribution in [3.63, 3.8) is 0 Å². The van der Waals surface area contributed by atoms with Gasteiger partial charge in [0.25, 0.3) is 5.91 Å². The second-order valence-electron chi connectivity index (χ2n) is 5.37. The van der Waals surface area contributed by atoms with Crippen molar-refractivity contribution >= 4 is 39.3 Å². The standard InChI is InChI=1S/C16H15BrN6OS/c1-9-4-6-12(10(2)18-9)15(24)19-13-8-11(17)5-7-14(13)25-16-20-21-22-23(16)3/h4-8H,1-3H3,(H,19,24). The SMILES string of the molecule is Cc1ccc(C(=O)Nc2cc(Br)ccc2Sc2nnnn2C)c(C)n1. The van der Waals surface area contributed by atoms with Gasteiger partial charge in [-0.25, -0.2) is 4.68 Å². The van der Waals surface area contributed by atoms with Crippen LogP contribution in [-0.2, 0) is 7.05 Å². The molecule has 2 aromatic heterocycles. The maximum absolute atomic E-state index is 12.7. The number of pyridine rings is 1. The highest BCUT2D eigenvalue weighted by molar-refractivity contribution is 9.10. The van der Waals surface area contributed by atoms with Gasteiger partial charge in [0, 0.05) is 22.1 Å². The number of hydrogen-bond acceptors (Lipinski definition) is 6. The normalized spacial score (nSPS) is 10.7. The van der Waals surface area contributed by atoms with Gasteiger partial charge >= 0.3 is 0 Å². The number of anilines is 1. The number of carbonyl (C=O) groups excluding carboxylic acids is 1. The van der Waals surface area contributed by atoms with Crippen LogP contribution in [0, 0.1) is 13.8 Å². The third-order valence-corrected chi connectivity index (χ3v) is 5.04. The van der Waals surface area contributed by atoms with Crippen molar-refractivity contribution in [1.82, 2.24) is 25.2 Å². The van der Waals surface area contributed by atoms with Gasteiger partial charge in [0.1, 0.15) is 0 Å². The zero-order valence-corrected chi connectivity index (χ0v) is 16.2. The number of benzene rings is 1. The van der Waals surface area contributed by atoms with Crippen molar-refractivity contribution in [3.05, 3.63) is 51.8 Å². The summed E-state index contributed by atoms with van der Waals surface area (Å²) in [6.45, 7) is 3.72. The summed E-state index contributed by atoms with van der Waals surface area (Å²) in [6, 6.07) is 9.26. The molecule has 128 valence electrons. The fraction of sp³-hybridized carbons (Fsp3) is 0.188. The Morgan fingerprint density at radius 2 is 2.04 bits per heavy atom. The Hall–Kier alpha value is -2.26. The van der Waals surface area contributed by atoms with Crippen LogP contribution in [0.25, 0.3) is 0 Å². The van der Waals surface area contributed by atoms with Crippen LogP contribution < -0.4 is 5.32 Å². The molecule has 0 fully saturated rings. The van der Waals surface area contributed by atoms with Gasteiger partial charge in [-0.05, 0) is 66.4 Å². The number of aryl methyl sites for hydroxylation is 3. The van der Waals surface area contributed by atoms with Crippen molar-refractivity contribution < 1.29 is 4.79 Å². The summed E-state index contributed by atoms with van der Waals surface area (Å²) in [5.74, 6) is -0.207. The average molecular weight is 419 g/mol. The Bertz CT molecular complexity index is 942. The molecule has 0 bridgehead atoms. The van der Waals surface area contributed by atoms with E-state index in [0.29, 0.717) is 22.1 Å². The molecule has 2 heterocycles. The van der Waals surface area contributed by atoms with Crippen LogP contribution in [-0.4, -0.2) is 31.1 Å². The molecular weight excluding hydrogens is 404 g/mol. The largest absolute Gasteiger partial charge is 0.321 e. The predicted octanol–water partition coefficient (Wildman–Crippen LogP) is 3.39. The molecule has 25 heavy (non-hydrogen) atoms. The number of aromatic nitrogens is 5. The molecule has 1 N–H and O–H groups in total. The van der Waals surface area contributed by atoms with E-state index in [9.17, 15) is 4.79 Å². The number of rotatable bonds is 4. The summed E-state index contributed by atoms with van der Waals surface area (Å²) in [6.07, 6.45) is 0. The number of nitrogens with one attached hydrogen (secondary N) is 1. The molecule has 0 saturated heterocycles. The maximum Gasteiger partial charge on any atom is 0.257 e. The van der Waals surface area contributed by atoms with E-state index in [-0.39, 0.29) is 5.91 Å². The summed E-state index contributed by atoms with van der Waals surface area (Å²) in [5, 5.41) is 15.0. The molecule has 1 aromatic carbocycles. The molecule has 0 aliphatic rings. The molecule has 0 atom stereocenters. The van der Waals surface area contributed by atoms with Crippen molar-refractivity contribution in [3.8, 4) is 0 Å². The Morgan fingerprint density at radius 1 is 1.24 bits per heavy atom. The first-order chi connectivity index (χ1) is 11.9. The number of tetrazole rings is 1. The van der Waals surface area contributed by atoms with Gasteiger partial charge in [0.05, 0.1) is 16.9 Å². The molecule has 7 nitrogen and oxygen atoms in total. The predicted molar refractivity (Wildman–Crippen MR) is 98.7 cm³/mol. The topological polar surface area (TPSA) is 85.6 Å². The van der Waals surface area contributed by atoms with E-state index in [0.717, 1.165) is 15.1 Å². The van der Waals surface area contributed by atoms with E-state index in [1.54, 1.807) is 17.8 Å². The van der Waals surface area contributed by atoms with Crippen molar-refractivity contribution in [2.24, 2.45) is 7.05 Å². The van der Waals surface area contributed by atoms with Gasteiger partial charge < -0.3 is 5.32 Å². The molecule has 9 heteroatoms. The summed E-state index contributed by atoms with van der Waals surface area (Å²) in [4.78, 5) is 17.8. The molecule has 0 radical (unpaired) electrons. The Labute approximate surface area is 157 Å². The number of carbonyl (C=O) groups is 1. The first-order valence-corrected chi connectivity index (χ1v) is 9.00. The van der Waals surface area contributed by atoms with E-state index in [4.69, 9.17) is 0 Å². The van der Waals surface area contributed by atoms with Gasteiger partial charge in [0.15, 0.2) is 0 Å². The Balaban J connectivity index is 1.89. The Morgan fingerprint density at radius 3 is 2.72 bits per heavy atom. The average Bonchev–Trinajstić information content (AvgIpc) is 2.95. The monoisotopic (exact) mass is 418 g/mol. The van der Waals surface area contributed by atoms with E-state index in [1.165, 1.54) is 11.8 Å². The number of nitrogens with zero attached hydrogens (tertiary/aromatic N) is 5. The second-order valence-corrected chi connectivity index (χ2v) is 7.29. The molecule has 3 rings (SSSR count). The summed E-state index contributed by atoms with van der Waals surface area (Å²) < 4.78 is 2.44. The fourth-order valence-corrected chi connectivity index (χ4v) is 3.37. The fourth-order valence-electron chi connectivity index (χ4n) is 2.21. The van der Waals surface area contributed by atoms with E-state index < -0.39 is 0 Å². The van der Waals surface area contributed by atoms with Crippen molar-refractivity contribution in [2.75, 3.05) is 5.32 Å². The minimum absolute atomic E-state index is 0.207. The van der Waals surface area contributed by atoms with E-state index >= 15 is 0 Å². The maximum atomic E-state index is 12.7. The van der Waals surface area contributed by atoms with Crippen molar-refractivity contribution in [1.29, 1.82) is 0 Å². The van der Waals surface area contributed by atoms with Crippen LogP contribution in [0.4, 0.5) is 5.69 Å². The highest BCUT2D eigenvalue weighted by atomic mass is 79.9. The smallest absolute Gasteiger partial charge is 0.257 e. The number of halogens is 1. The quantitative estimate of drug-likeness (QED) is 0.698. The lowest BCUT2D eigenvalue weighted by Crippen LogP contribution is -2.15. The number of hydrogen-bond donors (Lipinski definition) is 1. The van der Waals surface area contributed by atoms with Gasteiger partial charge in [0.2, 0.25) is 5.16 Å². The van der Waals surface area contributed by atoms with Crippen LogP contribution in [0.2, 0.25) is 0 Å². The molecule has 0 unspecified atom stereocenters. The zero-order chi connectivity index (χ0) is 18.0. The van der Waals surface area contributed by atoms with Crippen molar-refractivity contribution in [2.45, 2.75) is 23.9 Å². The summed E-state index contributed by atoms with van der Waals surface area (Å²) >= 11 is 4.82. The summed E-state index contributed by atoms with van der Waals surface area (Å²) in [5.41, 5.74) is 2.79. The van der Waals surface area contributed by atoms with Crippen LogP contribution >= 0.6 is 27.7 Å². The lowest BCUT2D eigenvalue weighted by molar-refractivity contribution is 0.102. The third kappa shape index (κ3) is 4.05. The molecular formula is C16H15BrN6OS. The van der Waals surface area contributed by atoms with Gasteiger partial charge in [-0.15, -0.1) is 5.10 Å². The first kappa shape index (κ1) is 17.6. The molecule has 0 aliphatic carbocycles. The zero-order valence-electron chi connectivity index (χ0n) is 13.8. The molecule has 0 saturated carbocycles. The third-order valence-electron chi connectivity index (χ3n) is 3.44. The second kappa shape index (κ2) is 7.32. The van der Waals surface area contributed by atoms with Gasteiger partial charge in [-0.3, -0.25) is 9.78 Å². The van der Waals surface area contributed by atoms with Crippen LogP contribution in [0.3, 0.4) is 0 Å². The molecule has 3 aromatic rings. The minimum Gasteiger partial charge on any atom is -0.321 e. The van der Waals surface area contributed by atoms with Gasteiger partial charge in [-0.2, -0.15) is 0 Å². The molecule has 0 aliphatic heterocycles. The molecule has 1 amide bonds. The van der Waals surface area contributed by atoms with Crippen LogP contribution in [0.1, 0.15) is 21.7 Å². The van der Waals surface area contributed by atoms with Gasteiger partial charge in [-0.1, -0.05) is 15.9 Å². The van der Waals surface area contributed by atoms with E-state index in [2.05, 4.69) is 41.8 Å². The first-order valence-electron chi connectivity index (χ1n) is 7.39. The minimum atomic E-state index is -0.207. The van der Waals surface area contributed by atoms with E-state index in [1.807, 2.05) is 38.1 Å². The molecule has 0 spiro atoms. The number of amides is 1. The highest BCUT2D eigenvalue weighted by Gasteiger charge is 2.15.